The summed E-state index contributed by atoms with van der Waals surface area (Å²) < 4.78 is 11.6. The van der Waals surface area contributed by atoms with Gasteiger partial charge in [-0.05, 0) is 56.5 Å². The number of carboxylic acid groups (broad SMARTS) is 2. The van der Waals surface area contributed by atoms with E-state index in [-0.39, 0.29) is 13.1 Å². The molecule has 1 aromatic heterocycles. The van der Waals surface area contributed by atoms with Gasteiger partial charge < -0.3 is 19.4 Å². The molecule has 0 unspecified atom stereocenters. The molecule has 0 aliphatic heterocycles. The molecule has 0 amide bonds. The van der Waals surface area contributed by atoms with Gasteiger partial charge in [-0.2, -0.15) is 0 Å². The average molecular weight is 479 g/mol. The molecule has 0 radical (unpaired) electrons. The van der Waals surface area contributed by atoms with E-state index in [1.807, 2.05) is 43.3 Å². The van der Waals surface area contributed by atoms with Crippen molar-refractivity contribution in [1.29, 1.82) is 0 Å². The van der Waals surface area contributed by atoms with Crippen LogP contribution >= 0.6 is 0 Å². The molecule has 8 heteroatoms. The van der Waals surface area contributed by atoms with Crippen LogP contribution in [0.4, 0.5) is 0 Å². The fraction of sp³-hybridized carbons (Fsp3) is 0.296. The number of carbonyl (C=O) groups is 2. The van der Waals surface area contributed by atoms with Crippen LogP contribution in [-0.2, 0) is 29.1 Å². The Morgan fingerprint density at radius 3 is 2.49 bits per heavy atom. The van der Waals surface area contributed by atoms with Gasteiger partial charge in [0.25, 0.3) is 0 Å². The number of benzene rings is 2. The average Bonchev–Trinajstić information content (AvgIpc) is 3.16. The second-order valence-corrected chi connectivity index (χ2v) is 8.78. The Balaban J connectivity index is 1.84. The van der Waals surface area contributed by atoms with E-state index in [2.05, 4.69) is 11.6 Å². The van der Waals surface area contributed by atoms with Gasteiger partial charge >= 0.3 is 11.9 Å². The molecule has 35 heavy (non-hydrogen) atoms. The zero-order valence-electron chi connectivity index (χ0n) is 20.2. The summed E-state index contributed by atoms with van der Waals surface area (Å²) in [7, 11) is 0. The number of hydrogen-bond acceptors (Lipinski definition) is 6. The minimum Gasteiger partial charge on any atom is -0.480 e. The van der Waals surface area contributed by atoms with E-state index in [9.17, 15) is 19.8 Å². The maximum absolute atomic E-state index is 11.6. The van der Waals surface area contributed by atoms with Gasteiger partial charge in [0.15, 0.2) is 5.60 Å². The summed E-state index contributed by atoms with van der Waals surface area (Å²) in [5.74, 6) is -0.457. The zero-order valence-corrected chi connectivity index (χ0v) is 20.2. The molecular weight excluding hydrogens is 448 g/mol. The first-order valence-corrected chi connectivity index (χ1v) is 11.2. The lowest BCUT2D eigenvalue weighted by atomic mass is 10.0. The van der Waals surface area contributed by atoms with Gasteiger partial charge in [0.1, 0.15) is 11.5 Å². The molecule has 0 spiro atoms. The number of allylic oxidation sites excluding steroid dienone is 1. The van der Waals surface area contributed by atoms with E-state index in [1.54, 1.807) is 23.1 Å². The summed E-state index contributed by atoms with van der Waals surface area (Å²) in [4.78, 5) is 29.4. The number of aliphatic carboxylic acids is 2. The topological polar surface area (TPSA) is 113 Å². The highest BCUT2D eigenvalue weighted by atomic mass is 16.5. The Morgan fingerprint density at radius 2 is 1.86 bits per heavy atom. The second kappa shape index (κ2) is 11.0. The number of ether oxygens (including phenoxy) is 1. The Kier molecular flexibility index (Phi) is 8.09. The molecule has 3 rings (SSSR count). The molecule has 2 N–H and O–H groups in total. The third kappa shape index (κ3) is 6.80. The number of carboxylic acids is 2. The van der Waals surface area contributed by atoms with Gasteiger partial charge in [-0.25, -0.2) is 9.78 Å². The SMILES string of the molecule is C=CCc1cc(CN(CC(=O)O)Cc2nc(-c3ccccc3)oc2C)ccc1OC(C)(C)C(=O)O. The van der Waals surface area contributed by atoms with E-state index in [0.717, 1.165) is 16.7 Å². The van der Waals surface area contributed by atoms with Crippen molar-refractivity contribution in [2.45, 2.75) is 45.9 Å². The maximum Gasteiger partial charge on any atom is 0.347 e. The quantitative estimate of drug-likeness (QED) is 0.360. The molecule has 2 aromatic carbocycles. The van der Waals surface area contributed by atoms with Crippen molar-refractivity contribution in [3.05, 3.63) is 83.8 Å². The van der Waals surface area contributed by atoms with Crippen LogP contribution in [0.2, 0.25) is 0 Å². The normalized spacial score (nSPS) is 11.4. The van der Waals surface area contributed by atoms with Gasteiger partial charge in [-0.15, -0.1) is 6.58 Å². The lowest BCUT2D eigenvalue weighted by Crippen LogP contribution is -2.38. The molecular formula is C27H30N2O6. The number of oxazole rings is 1. The molecule has 0 saturated carbocycles. The third-order valence-corrected chi connectivity index (χ3v) is 5.42. The molecule has 8 nitrogen and oxygen atoms in total. The molecule has 0 saturated heterocycles. The van der Waals surface area contributed by atoms with Gasteiger partial charge in [0, 0.05) is 18.7 Å². The molecule has 1 heterocycles. The maximum atomic E-state index is 11.6. The Labute approximate surface area is 204 Å². The number of hydrogen-bond donors (Lipinski definition) is 2. The summed E-state index contributed by atoms with van der Waals surface area (Å²) in [5, 5.41) is 18.9. The van der Waals surface area contributed by atoms with Crippen LogP contribution in [0.3, 0.4) is 0 Å². The molecule has 0 bridgehead atoms. The number of aryl methyl sites for hydroxylation is 1. The highest BCUT2D eigenvalue weighted by Crippen LogP contribution is 2.27. The number of rotatable bonds is 12. The van der Waals surface area contributed by atoms with Gasteiger partial charge in [-0.3, -0.25) is 9.69 Å². The Morgan fingerprint density at radius 1 is 1.14 bits per heavy atom. The summed E-state index contributed by atoms with van der Waals surface area (Å²) in [5.41, 5.74) is 1.74. The number of aromatic nitrogens is 1. The first kappa shape index (κ1) is 25.7. The van der Waals surface area contributed by atoms with Gasteiger partial charge in [0.2, 0.25) is 5.89 Å². The van der Waals surface area contributed by atoms with Crippen LogP contribution in [0.15, 0.2) is 65.6 Å². The fourth-order valence-electron chi connectivity index (χ4n) is 3.57. The van der Waals surface area contributed by atoms with Crippen LogP contribution in [-0.4, -0.2) is 44.2 Å². The lowest BCUT2D eigenvalue weighted by molar-refractivity contribution is -0.152. The van der Waals surface area contributed by atoms with Crippen molar-refractivity contribution in [2.75, 3.05) is 6.54 Å². The summed E-state index contributed by atoms with van der Waals surface area (Å²) >= 11 is 0. The van der Waals surface area contributed by atoms with Crippen molar-refractivity contribution in [2.24, 2.45) is 0 Å². The summed E-state index contributed by atoms with van der Waals surface area (Å²) in [6, 6.07) is 14.9. The van der Waals surface area contributed by atoms with Crippen LogP contribution in [0, 0.1) is 6.92 Å². The second-order valence-electron chi connectivity index (χ2n) is 8.78. The minimum atomic E-state index is -1.40. The highest BCUT2D eigenvalue weighted by molar-refractivity contribution is 5.76. The molecule has 184 valence electrons. The van der Waals surface area contributed by atoms with E-state index in [0.29, 0.717) is 36.1 Å². The highest BCUT2D eigenvalue weighted by Gasteiger charge is 2.30. The standard InChI is InChI=1S/C27H30N2O6/c1-5-9-21-14-19(12-13-23(21)35-27(3,4)26(32)33)15-29(17-24(30)31)16-22-18(2)34-25(28-22)20-10-7-6-8-11-20/h5-8,10-14H,1,9,15-17H2,2-4H3,(H,30,31)(H,32,33). The Hall–Kier alpha value is -3.91. The van der Waals surface area contributed by atoms with E-state index >= 15 is 0 Å². The molecule has 0 fully saturated rings. The van der Waals surface area contributed by atoms with Crippen molar-refractivity contribution in [1.82, 2.24) is 9.88 Å². The lowest BCUT2D eigenvalue weighted by Gasteiger charge is -2.24. The molecule has 0 aliphatic carbocycles. The minimum absolute atomic E-state index is 0.186. The molecule has 3 aromatic rings. The van der Waals surface area contributed by atoms with Crippen molar-refractivity contribution < 1.29 is 29.0 Å². The van der Waals surface area contributed by atoms with Crippen LogP contribution in [0.25, 0.3) is 11.5 Å². The van der Waals surface area contributed by atoms with Crippen LogP contribution in [0.5, 0.6) is 5.75 Å². The van der Waals surface area contributed by atoms with E-state index in [1.165, 1.54) is 13.8 Å². The van der Waals surface area contributed by atoms with Gasteiger partial charge in [-0.1, -0.05) is 36.4 Å². The van der Waals surface area contributed by atoms with Crippen molar-refractivity contribution in [3.8, 4) is 17.2 Å². The summed E-state index contributed by atoms with van der Waals surface area (Å²) in [6.45, 7) is 9.00. The number of nitrogens with zero attached hydrogens (tertiary/aromatic N) is 2. The smallest absolute Gasteiger partial charge is 0.347 e. The molecule has 0 atom stereocenters. The summed E-state index contributed by atoms with van der Waals surface area (Å²) in [6.07, 6.45) is 2.18. The van der Waals surface area contributed by atoms with Crippen LogP contribution < -0.4 is 4.74 Å². The Bertz CT molecular complexity index is 1200. The fourth-order valence-corrected chi connectivity index (χ4v) is 3.57. The van der Waals surface area contributed by atoms with E-state index < -0.39 is 17.5 Å². The van der Waals surface area contributed by atoms with Crippen molar-refractivity contribution >= 4 is 11.9 Å². The van der Waals surface area contributed by atoms with Crippen molar-refractivity contribution in [3.63, 3.8) is 0 Å². The largest absolute Gasteiger partial charge is 0.480 e. The monoisotopic (exact) mass is 478 g/mol. The predicted molar refractivity (Wildman–Crippen MR) is 131 cm³/mol. The zero-order chi connectivity index (χ0) is 25.6. The first-order valence-electron chi connectivity index (χ1n) is 11.2. The predicted octanol–water partition coefficient (Wildman–Crippen LogP) is 4.71. The molecule has 0 aliphatic rings. The first-order chi connectivity index (χ1) is 16.6. The third-order valence-electron chi connectivity index (χ3n) is 5.42. The van der Waals surface area contributed by atoms with E-state index in [4.69, 9.17) is 9.15 Å². The van der Waals surface area contributed by atoms with Crippen LogP contribution in [0.1, 0.15) is 36.4 Å². The van der Waals surface area contributed by atoms with Gasteiger partial charge in [0.05, 0.1) is 12.2 Å².